The lowest BCUT2D eigenvalue weighted by Gasteiger charge is -2.26. The van der Waals surface area contributed by atoms with E-state index in [0.29, 0.717) is 29.1 Å². The molecule has 0 saturated heterocycles. The van der Waals surface area contributed by atoms with Crippen LogP contribution in [0.15, 0.2) is 54.7 Å². The highest BCUT2D eigenvalue weighted by Crippen LogP contribution is 2.33. The van der Waals surface area contributed by atoms with Crippen LogP contribution in [-0.4, -0.2) is 30.5 Å². The molecule has 1 aromatic heterocycles. The summed E-state index contributed by atoms with van der Waals surface area (Å²) in [4.78, 5) is 23.2. The van der Waals surface area contributed by atoms with Gasteiger partial charge in [-0.15, -0.1) is 0 Å². The van der Waals surface area contributed by atoms with Crippen molar-refractivity contribution in [1.29, 1.82) is 0 Å². The van der Waals surface area contributed by atoms with Crippen molar-refractivity contribution in [3.05, 3.63) is 71.4 Å². The molecule has 0 aliphatic heterocycles. The number of carbonyl (C=O) groups is 1. The van der Waals surface area contributed by atoms with E-state index in [1.807, 2.05) is 0 Å². The van der Waals surface area contributed by atoms with Gasteiger partial charge in [0, 0.05) is 25.2 Å². The average Bonchev–Trinajstić information content (AvgIpc) is 2.70. The van der Waals surface area contributed by atoms with Crippen LogP contribution < -0.4 is 14.5 Å². The molecule has 0 saturated carbocycles. The zero-order valence-electron chi connectivity index (χ0n) is 15.3. The maximum absolute atomic E-state index is 14.0. The second-order valence-electron chi connectivity index (χ2n) is 5.97. The van der Waals surface area contributed by atoms with Crippen LogP contribution in [0, 0.1) is 5.82 Å². The number of anilines is 3. The number of hydrogen-bond acceptors (Lipinski definition) is 5. The summed E-state index contributed by atoms with van der Waals surface area (Å²) >= 11 is 5.99. The largest absolute Gasteiger partial charge is 0.497 e. The van der Waals surface area contributed by atoms with Gasteiger partial charge < -0.3 is 9.64 Å². The molecule has 3 aromatic rings. The van der Waals surface area contributed by atoms with Gasteiger partial charge in [0.25, 0.3) is 0 Å². The van der Waals surface area contributed by atoms with Crippen LogP contribution in [0.25, 0.3) is 0 Å². The number of carbonyl (C=O) groups excluding carboxylic acids is 1. The van der Waals surface area contributed by atoms with Crippen LogP contribution in [0.5, 0.6) is 5.75 Å². The van der Waals surface area contributed by atoms with Gasteiger partial charge in [0.15, 0.2) is 5.82 Å². The lowest BCUT2D eigenvalue weighted by atomic mass is 10.2. The zero-order chi connectivity index (χ0) is 20.1. The van der Waals surface area contributed by atoms with E-state index in [1.165, 1.54) is 17.2 Å². The molecule has 144 valence electrons. The van der Waals surface area contributed by atoms with Crippen molar-refractivity contribution in [2.75, 3.05) is 24.0 Å². The topological polar surface area (TPSA) is 58.6 Å². The van der Waals surface area contributed by atoms with Gasteiger partial charge in [-0.2, -0.15) is 4.98 Å². The first-order valence-corrected chi connectivity index (χ1v) is 8.77. The summed E-state index contributed by atoms with van der Waals surface area (Å²) in [6, 6.07) is 13.5. The molecule has 2 aromatic carbocycles. The molecule has 0 atom stereocenters. The van der Waals surface area contributed by atoms with E-state index in [9.17, 15) is 9.18 Å². The van der Waals surface area contributed by atoms with Gasteiger partial charge in [0.05, 0.1) is 24.7 Å². The number of benzene rings is 2. The molecule has 6 nitrogen and oxygen atoms in total. The number of aromatic nitrogens is 2. The second kappa shape index (κ2) is 8.67. The number of halogens is 2. The van der Waals surface area contributed by atoms with Gasteiger partial charge >= 0.3 is 0 Å². The van der Waals surface area contributed by atoms with Gasteiger partial charge in [-0.1, -0.05) is 24.3 Å². The van der Waals surface area contributed by atoms with Crippen molar-refractivity contribution in [1.82, 2.24) is 9.97 Å². The van der Waals surface area contributed by atoms with E-state index < -0.39 is 0 Å². The van der Waals surface area contributed by atoms with E-state index in [0.717, 1.165) is 0 Å². The van der Waals surface area contributed by atoms with E-state index in [4.69, 9.17) is 16.3 Å². The number of hydrogen-bond donors (Lipinski definition) is 0. The van der Waals surface area contributed by atoms with E-state index in [2.05, 4.69) is 9.97 Å². The Balaban J connectivity index is 2.01. The second-order valence-corrected chi connectivity index (χ2v) is 6.31. The quantitative estimate of drug-likeness (QED) is 0.439. The Morgan fingerprint density at radius 1 is 1.21 bits per heavy atom. The molecule has 1 amide bonds. The van der Waals surface area contributed by atoms with Gasteiger partial charge in [-0.05, 0) is 29.8 Å². The monoisotopic (exact) mass is 400 g/mol. The highest BCUT2D eigenvalue weighted by atomic mass is 35.5. The van der Waals surface area contributed by atoms with E-state index in [1.54, 1.807) is 61.5 Å². The predicted molar refractivity (Wildman–Crippen MR) is 107 cm³/mol. The Kier molecular flexibility index (Phi) is 6.06. The molecule has 8 heteroatoms. The van der Waals surface area contributed by atoms with Crippen LogP contribution in [0.4, 0.5) is 21.6 Å². The fourth-order valence-electron chi connectivity index (χ4n) is 2.75. The first kappa shape index (κ1) is 19.6. The summed E-state index contributed by atoms with van der Waals surface area (Å²) < 4.78 is 19.3. The van der Waals surface area contributed by atoms with Gasteiger partial charge in [0.1, 0.15) is 11.6 Å². The Labute approximate surface area is 167 Å². The average molecular weight is 401 g/mol. The molecular formula is C20H18ClFN4O2. The first-order chi connectivity index (χ1) is 13.5. The summed E-state index contributed by atoms with van der Waals surface area (Å²) in [5, 5.41) is -0.00668. The van der Waals surface area contributed by atoms with Crippen LogP contribution in [0.2, 0.25) is 5.28 Å². The predicted octanol–water partition coefficient (Wildman–Crippen LogP) is 4.21. The molecule has 0 spiro atoms. The standard InChI is InChI=1S/C20H18ClFN4O2/c1-25(12-14-6-3-4-9-17(14)22)18-11-23-20(21)24-19(18)26(13-27)15-7-5-8-16(10-15)28-2/h3-11,13H,12H2,1-2H3. The third-order valence-electron chi connectivity index (χ3n) is 4.16. The fourth-order valence-corrected chi connectivity index (χ4v) is 2.88. The Hall–Kier alpha value is -3.19. The van der Waals surface area contributed by atoms with Crippen molar-refractivity contribution in [3.8, 4) is 5.75 Å². The van der Waals surface area contributed by atoms with Gasteiger partial charge in [-0.25, -0.2) is 9.37 Å². The number of ether oxygens (including phenoxy) is 1. The van der Waals surface area contributed by atoms with E-state index >= 15 is 0 Å². The Morgan fingerprint density at radius 3 is 2.71 bits per heavy atom. The van der Waals surface area contributed by atoms with Crippen molar-refractivity contribution in [2.45, 2.75) is 6.54 Å². The SMILES string of the molecule is COc1cccc(N(C=O)c2nc(Cl)ncc2N(C)Cc2ccccc2F)c1. The fraction of sp³-hybridized carbons (Fsp3) is 0.150. The molecule has 0 unspecified atom stereocenters. The minimum absolute atomic E-state index is 0.00668. The van der Waals surface area contributed by atoms with E-state index in [-0.39, 0.29) is 23.5 Å². The third kappa shape index (κ3) is 4.20. The zero-order valence-corrected chi connectivity index (χ0v) is 16.1. The minimum atomic E-state index is -0.314. The molecule has 0 N–H and O–H groups in total. The summed E-state index contributed by atoms with van der Waals surface area (Å²) in [7, 11) is 3.30. The van der Waals surface area contributed by atoms with Crippen molar-refractivity contribution in [2.24, 2.45) is 0 Å². The maximum Gasteiger partial charge on any atom is 0.224 e. The Morgan fingerprint density at radius 2 is 2.00 bits per heavy atom. The molecular weight excluding hydrogens is 383 g/mol. The lowest BCUT2D eigenvalue weighted by Crippen LogP contribution is -2.24. The van der Waals surface area contributed by atoms with Crippen LogP contribution >= 0.6 is 11.6 Å². The summed E-state index contributed by atoms with van der Waals surface area (Å²) in [5.74, 6) is 0.554. The summed E-state index contributed by atoms with van der Waals surface area (Å²) in [5.41, 5.74) is 1.57. The molecule has 0 fully saturated rings. The van der Waals surface area contributed by atoms with Crippen molar-refractivity contribution >= 4 is 35.2 Å². The maximum atomic E-state index is 14.0. The molecule has 3 rings (SSSR count). The minimum Gasteiger partial charge on any atom is -0.497 e. The van der Waals surface area contributed by atoms with Crippen LogP contribution in [-0.2, 0) is 11.3 Å². The number of amides is 1. The van der Waals surface area contributed by atoms with Gasteiger partial charge in [-0.3, -0.25) is 9.69 Å². The van der Waals surface area contributed by atoms with Crippen molar-refractivity contribution in [3.63, 3.8) is 0 Å². The number of nitrogens with zero attached hydrogens (tertiary/aromatic N) is 4. The Bertz CT molecular complexity index is 986. The molecule has 0 bridgehead atoms. The molecule has 0 aliphatic rings. The summed E-state index contributed by atoms with van der Waals surface area (Å²) in [6.07, 6.45) is 2.13. The van der Waals surface area contributed by atoms with Gasteiger partial charge in [0.2, 0.25) is 11.7 Å². The normalized spacial score (nSPS) is 10.4. The smallest absolute Gasteiger partial charge is 0.224 e. The highest BCUT2D eigenvalue weighted by Gasteiger charge is 2.20. The molecule has 0 aliphatic carbocycles. The molecule has 28 heavy (non-hydrogen) atoms. The number of rotatable bonds is 7. The number of methoxy groups -OCH3 is 1. The molecule has 1 heterocycles. The summed E-state index contributed by atoms with van der Waals surface area (Å²) in [6.45, 7) is 0.259. The highest BCUT2D eigenvalue weighted by molar-refractivity contribution is 6.28. The van der Waals surface area contributed by atoms with Crippen LogP contribution in [0.1, 0.15) is 5.56 Å². The van der Waals surface area contributed by atoms with Crippen molar-refractivity contribution < 1.29 is 13.9 Å². The molecule has 0 radical (unpaired) electrons. The first-order valence-electron chi connectivity index (χ1n) is 8.39. The lowest BCUT2D eigenvalue weighted by molar-refractivity contribution is -0.106. The van der Waals surface area contributed by atoms with Crippen LogP contribution in [0.3, 0.4) is 0 Å². The third-order valence-corrected chi connectivity index (χ3v) is 4.34.